The Labute approximate surface area is 151 Å². The molecule has 0 aliphatic heterocycles. The molecular weight excluding hydrogens is 312 g/mol. The van der Waals surface area contributed by atoms with Crippen molar-refractivity contribution in [3.8, 4) is 0 Å². The molecule has 1 aromatic rings. The molecule has 4 heteroatoms. The van der Waals surface area contributed by atoms with Crippen LogP contribution in [0.25, 0.3) is 0 Å². The first kappa shape index (κ1) is 20.8. The van der Waals surface area contributed by atoms with E-state index >= 15 is 0 Å². The van der Waals surface area contributed by atoms with E-state index in [1.54, 1.807) is 0 Å². The molecule has 25 heavy (non-hydrogen) atoms. The normalized spacial score (nSPS) is 13.0. The zero-order valence-electron chi connectivity index (χ0n) is 15.5. The number of aliphatic hydroxyl groups is 1. The van der Waals surface area contributed by atoms with Crippen LogP contribution in [-0.4, -0.2) is 23.1 Å². The van der Waals surface area contributed by atoms with Gasteiger partial charge >= 0.3 is 0 Å². The van der Waals surface area contributed by atoms with Crippen LogP contribution in [-0.2, 0) is 17.6 Å². The summed E-state index contributed by atoms with van der Waals surface area (Å²) in [5.41, 5.74) is 10.8. The number of carbonyl (C=O) groups is 1. The van der Waals surface area contributed by atoms with Gasteiger partial charge in [0.2, 0.25) is 5.91 Å². The highest BCUT2D eigenvalue weighted by molar-refractivity contribution is 5.80. The highest BCUT2D eigenvalue weighted by Crippen LogP contribution is 2.13. The standard InChI is InChI=1S/C21H30N2O2/c1-5-6-7-8-17-9-11-18(12-10-17)14-20(21(22)25)23-19(16(4)24)13-15(2)3/h5,7,9-12,15,19-20,23-24H,4,8,13-14H2,1-3H3,(H2,22,25). The molecule has 0 radical (unpaired) electrons. The second-order valence-corrected chi connectivity index (χ2v) is 6.68. The number of aliphatic hydroxyl groups excluding tert-OH is 1. The molecule has 0 saturated carbocycles. The third kappa shape index (κ3) is 7.88. The lowest BCUT2D eigenvalue weighted by molar-refractivity contribution is -0.120. The molecule has 1 aromatic carbocycles. The van der Waals surface area contributed by atoms with E-state index in [-0.39, 0.29) is 11.8 Å². The number of hydrogen-bond acceptors (Lipinski definition) is 3. The van der Waals surface area contributed by atoms with Crippen LogP contribution in [0.5, 0.6) is 0 Å². The molecule has 2 atom stereocenters. The molecule has 0 bridgehead atoms. The van der Waals surface area contributed by atoms with Crippen molar-refractivity contribution < 1.29 is 9.90 Å². The first-order chi connectivity index (χ1) is 11.8. The molecule has 4 N–H and O–H groups in total. The largest absolute Gasteiger partial charge is 0.511 e. The molecule has 0 fully saturated rings. The molecular formula is C21H30N2O2. The van der Waals surface area contributed by atoms with Crippen LogP contribution in [0.1, 0.15) is 38.3 Å². The van der Waals surface area contributed by atoms with Crippen LogP contribution in [0.4, 0.5) is 0 Å². The van der Waals surface area contributed by atoms with Crippen LogP contribution >= 0.6 is 0 Å². The van der Waals surface area contributed by atoms with Gasteiger partial charge in [0.05, 0.1) is 12.1 Å². The minimum atomic E-state index is -0.554. The molecule has 0 saturated heterocycles. The lowest BCUT2D eigenvalue weighted by atomic mass is 9.98. The van der Waals surface area contributed by atoms with Crippen LogP contribution in [0.3, 0.4) is 0 Å². The zero-order valence-corrected chi connectivity index (χ0v) is 15.5. The van der Waals surface area contributed by atoms with Crippen LogP contribution < -0.4 is 11.1 Å². The second kappa shape index (κ2) is 10.5. The maximum Gasteiger partial charge on any atom is 0.234 e. The number of amides is 1. The van der Waals surface area contributed by atoms with Crippen LogP contribution in [0, 0.1) is 5.92 Å². The fourth-order valence-corrected chi connectivity index (χ4v) is 2.60. The lowest BCUT2D eigenvalue weighted by Crippen LogP contribution is -2.48. The summed E-state index contributed by atoms with van der Waals surface area (Å²) in [7, 11) is 0. The quantitative estimate of drug-likeness (QED) is 0.450. The number of carbonyl (C=O) groups excluding carboxylic acids is 1. The van der Waals surface area contributed by atoms with Gasteiger partial charge in [-0.15, -0.1) is 5.73 Å². The van der Waals surface area contributed by atoms with E-state index < -0.39 is 11.9 Å². The van der Waals surface area contributed by atoms with Crippen molar-refractivity contribution in [2.24, 2.45) is 11.7 Å². The van der Waals surface area contributed by atoms with Gasteiger partial charge in [-0.25, -0.2) is 0 Å². The van der Waals surface area contributed by atoms with E-state index in [1.165, 1.54) is 5.56 Å². The van der Waals surface area contributed by atoms with Crippen molar-refractivity contribution in [3.63, 3.8) is 0 Å². The van der Waals surface area contributed by atoms with Gasteiger partial charge in [0, 0.05) is 0 Å². The summed E-state index contributed by atoms with van der Waals surface area (Å²) in [5.74, 6) is -0.0411. The van der Waals surface area contributed by atoms with Crippen molar-refractivity contribution in [2.75, 3.05) is 0 Å². The maximum atomic E-state index is 11.8. The minimum Gasteiger partial charge on any atom is -0.511 e. The fourth-order valence-electron chi connectivity index (χ4n) is 2.60. The average molecular weight is 342 g/mol. The van der Waals surface area contributed by atoms with E-state index in [0.29, 0.717) is 18.8 Å². The Morgan fingerprint density at radius 1 is 1.28 bits per heavy atom. The Balaban J connectivity index is 2.78. The number of benzene rings is 1. The van der Waals surface area contributed by atoms with Crippen molar-refractivity contribution in [1.29, 1.82) is 0 Å². The Morgan fingerprint density at radius 3 is 2.36 bits per heavy atom. The Hall–Kier alpha value is -2.29. The number of nitrogens with two attached hydrogens (primary N) is 1. The summed E-state index contributed by atoms with van der Waals surface area (Å²) in [6.45, 7) is 9.65. The topological polar surface area (TPSA) is 75.3 Å². The van der Waals surface area contributed by atoms with Crippen LogP contribution in [0.15, 0.2) is 54.5 Å². The van der Waals surface area contributed by atoms with Gasteiger partial charge in [-0.2, -0.15) is 0 Å². The fraction of sp³-hybridized carbons (Fsp3) is 0.429. The molecule has 1 amide bonds. The molecule has 136 valence electrons. The van der Waals surface area contributed by atoms with Crippen molar-refractivity contribution in [1.82, 2.24) is 5.32 Å². The summed E-state index contributed by atoms with van der Waals surface area (Å²) in [5, 5.41) is 12.9. The van der Waals surface area contributed by atoms with Crippen molar-refractivity contribution in [3.05, 3.63) is 65.6 Å². The monoisotopic (exact) mass is 342 g/mol. The number of allylic oxidation sites excluding steroid dienone is 1. The zero-order chi connectivity index (χ0) is 18.8. The van der Waals surface area contributed by atoms with Gasteiger partial charge in [-0.3, -0.25) is 10.1 Å². The molecule has 0 aromatic heterocycles. The Kier molecular flexibility index (Phi) is 8.76. The molecule has 0 aliphatic rings. The first-order valence-corrected chi connectivity index (χ1v) is 8.70. The number of rotatable bonds is 10. The Bertz CT molecular complexity index is 626. The molecule has 0 heterocycles. The lowest BCUT2D eigenvalue weighted by Gasteiger charge is -2.24. The third-order valence-corrected chi connectivity index (χ3v) is 3.94. The molecule has 2 unspecified atom stereocenters. The second-order valence-electron chi connectivity index (χ2n) is 6.68. The number of nitrogens with one attached hydrogen (secondary N) is 1. The smallest absolute Gasteiger partial charge is 0.234 e. The van der Waals surface area contributed by atoms with E-state index in [0.717, 1.165) is 12.0 Å². The van der Waals surface area contributed by atoms with Gasteiger partial charge in [-0.05, 0) is 55.4 Å². The average Bonchev–Trinajstić information content (AvgIpc) is 2.54. The maximum absolute atomic E-state index is 11.8. The van der Waals surface area contributed by atoms with Crippen LogP contribution in [0.2, 0.25) is 0 Å². The summed E-state index contributed by atoms with van der Waals surface area (Å²) in [6, 6.07) is 7.18. The molecule has 0 aliphatic carbocycles. The molecule has 1 rings (SSSR count). The SMILES string of the molecule is C=C(O)C(CC(C)C)NC(Cc1ccc(CC=C=CC)cc1)C(N)=O. The van der Waals surface area contributed by atoms with Gasteiger partial charge < -0.3 is 10.8 Å². The molecule has 0 spiro atoms. The van der Waals surface area contributed by atoms with Gasteiger partial charge in [0.25, 0.3) is 0 Å². The highest BCUT2D eigenvalue weighted by atomic mass is 16.3. The summed E-state index contributed by atoms with van der Waals surface area (Å²) >= 11 is 0. The summed E-state index contributed by atoms with van der Waals surface area (Å²) in [4.78, 5) is 11.8. The van der Waals surface area contributed by atoms with Crippen molar-refractivity contribution in [2.45, 2.75) is 52.1 Å². The summed E-state index contributed by atoms with van der Waals surface area (Å²) < 4.78 is 0. The van der Waals surface area contributed by atoms with Gasteiger partial charge in [0.15, 0.2) is 0 Å². The predicted molar refractivity (Wildman–Crippen MR) is 103 cm³/mol. The third-order valence-electron chi connectivity index (χ3n) is 3.94. The van der Waals surface area contributed by atoms with E-state index in [2.05, 4.69) is 31.5 Å². The summed E-state index contributed by atoms with van der Waals surface area (Å²) in [6.07, 6.45) is 5.84. The first-order valence-electron chi connectivity index (χ1n) is 8.70. The Morgan fingerprint density at radius 2 is 1.88 bits per heavy atom. The molecule has 4 nitrogen and oxygen atoms in total. The van der Waals surface area contributed by atoms with Gasteiger partial charge in [0.1, 0.15) is 5.76 Å². The highest BCUT2D eigenvalue weighted by Gasteiger charge is 2.22. The van der Waals surface area contributed by atoms with E-state index in [9.17, 15) is 9.90 Å². The van der Waals surface area contributed by atoms with E-state index in [4.69, 9.17) is 5.73 Å². The van der Waals surface area contributed by atoms with E-state index in [1.807, 2.05) is 43.3 Å². The predicted octanol–water partition coefficient (Wildman–Crippen LogP) is 3.43. The minimum absolute atomic E-state index is 0.0334. The van der Waals surface area contributed by atoms with Gasteiger partial charge in [-0.1, -0.05) is 44.7 Å². The number of hydrogen-bond donors (Lipinski definition) is 3. The number of primary amides is 1. The van der Waals surface area contributed by atoms with Crippen molar-refractivity contribution >= 4 is 5.91 Å².